The third-order valence-corrected chi connectivity index (χ3v) is 11.0. The Balaban J connectivity index is 1.73. The van der Waals surface area contributed by atoms with Gasteiger partial charge in [0.2, 0.25) is 0 Å². The maximum Gasteiger partial charge on any atom is 0.341 e. The number of methoxy groups -OCH3 is 1. The summed E-state index contributed by atoms with van der Waals surface area (Å²) >= 11 is 0. The quantitative estimate of drug-likeness (QED) is 0.316. The van der Waals surface area contributed by atoms with E-state index in [-0.39, 0.29) is 29.2 Å². The van der Waals surface area contributed by atoms with E-state index >= 15 is 0 Å². The Kier molecular flexibility index (Phi) is 5.07. The summed E-state index contributed by atoms with van der Waals surface area (Å²) in [4.78, 5) is 27.6. The number of esters is 2. The summed E-state index contributed by atoms with van der Waals surface area (Å²) in [6.07, 6.45) is 4.84. The zero-order chi connectivity index (χ0) is 24.2. The molecule has 0 aromatic rings. The van der Waals surface area contributed by atoms with Gasteiger partial charge in [0.15, 0.2) is 22.2 Å². The second-order valence-corrected chi connectivity index (χ2v) is 22.1. The first-order valence-corrected chi connectivity index (χ1v) is 19.4. The first kappa shape index (κ1) is 23.8. The molecular weight excluding hydrogens is 452 g/mol. The predicted molar refractivity (Wildman–Crippen MR) is 129 cm³/mol. The van der Waals surface area contributed by atoms with Crippen LogP contribution in [0.2, 0.25) is 39.3 Å². The summed E-state index contributed by atoms with van der Waals surface area (Å²) in [6.45, 7) is 17.2. The molecule has 1 aliphatic heterocycles. The number of hydrogen-bond donors (Lipinski definition) is 0. The molecule has 1 saturated heterocycles. The summed E-state index contributed by atoms with van der Waals surface area (Å²) < 4.78 is 25.6. The summed E-state index contributed by atoms with van der Waals surface area (Å²) in [7, 11) is -2.77. The number of hydrogen-bond acceptors (Lipinski definition) is 6. The number of carbonyl (C=O) groups excluding carboxylic acids is 2. The van der Waals surface area contributed by atoms with Gasteiger partial charge in [-0.1, -0.05) is 12.2 Å². The molecule has 8 atom stereocenters. The molecule has 33 heavy (non-hydrogen) atoms. The smallest absolute Gasteiger partial charge is 0.341 e. The Morgan fingerprint density at radius 1 is 1.09 bits per heavy atom. The molecule has 5 fully saturated rings. The lowest BCUT2D eigenvalue weighted by molar-refractivity contribution is -0.172. The molecule has 4 saturated carbocycles. The van der Waals surface area contributed by atoms with Crippen LogP contribution in [0.3, 0.4) is 0 Å². The van der Waals surface area contributed by atoms with Gasteiger partial charge in [-0.2, -0.15) is 0 Å². The average Bonchev–Trinajstić information content (AvgIpc) is 3.14. The molecule has 8 heteroatoms. The van der Waals surface area contributed by atoms with Crippen LogP contribution in [0.5, 0.6) is 0 Å². The summed E-state index contributed by atoms with van der Waals surface area (Å²) in [5.41, 5.74) is -0.933. The Labute approximate surface area is 200 Å². The third-order valence-electron chi connectivity index (χ3n) is 9.09. The summed E-state index contributed by atoms with van der Waals surface area (Å²) in [5, 5.41) is 0. The highest BCUT2D eigenvalue weighted by Gasteiger charge is 2.85. The van der Waals surface area contributed by atoms with E-state index in [4.69, 9.17) is 18.3 Å². The Morgan fingerprint density at radius 2 is 1.79 bits per heavy atom. The van der Waals surface area contributed by atoms with Gasteiger partial charge in [0.25, 0.3) is 0 Å². The molecular formula is C25H40O6Si2. The monoisotopic (exact) mass is 492 g/mol. The van der Waals surface area contributed by atoms with Crippen molar-refractivity contribution >= 4 is 28.6 Å². The van der Waals surface area contributed by atoms with Crippen molar-refractivity contribution in [2.45, 2.75) is 95.1 Å². The van der Waals surface area contributed by atoms with Crippen molar-refractivity contribution in [2.24, 2.45) is 29.1 Å². The highest BCUT2D eigenvalue weighted by atomic mass is 28.4. The fraction of sp³-hybridized carbons (Fsp3) is 0.840. The number of fused-ring (bicyclic) bond motifs is 1. The maximum absolute atomic E-state index is 14.0. The standard InChI is InChI=1S/C25H40O6Si2/c1-15-13-23-14-16(15)9-10-17(23)24-12-11-18(30-32(3,4)5)25(22(27)29-24,31-33(6,7)8)20(24)19(23)21(26)28-2/h16-20H,1,9-14H2,2-8H3/t16?,17-,18+,19-,20+,23+,24-,25?/m1/s1. The van der Waals surface area contributed by atoms with Crippen LogP contribution in [0.25, 0.3) is 0 Å². The molecule has 5 rings (SSSR count). The minimum Gasteiger partial charge on any atom is -0.469 e. The van der Waals surface area contributed by atoms with E-state index in [1.165, 1.54) is 12.7 Å². The van der Waals surface area contributed by atoms with Crippen LogP contribution in [-0.2, 0) is 27.9 Å². The van der Waals surface area contributed by atoms with Crippen molar-refractivity contribution in [3.05, 3.63) is 12.2 Å². The van der Waals surface area contributed by atoms with Crippen molar-refractivity contribution in [2.75, 3.05) is 7.11 Å². The molecule has 0 radical (unpaired) electrons. The van der Waals surface area contributed by atoms with Gasteiger partial charge in [-0.25, -0.2) is 4.79 Å². The van der Waals surface area contributed by atoms with Gasteiger partial charge in [-0.15, -0.1) is 0 Å². The van der Waals surface area contributed by atoms with Gasteiger partial charge in [0, 0.05) is 5.92 Å². The van der Waals surface area contributed by atoms with Crippen LogP contribution in [0, 0.1) is 29.1 Å². The Morgan fingerprint density at radius 3 is 2.39 bits per heavy atom. The largest absolute Gasteiger partial charge is 0.469 e. The van der Waals surface area contributed by atoms with Gasteiger partial charge in [-0.05, 0) is 89.1 Å². The zero-order valence-electron chi connectivity index (χ0n) is 21.3. The SMILES string of the molecule is C=C1C[C@]23CC1CC[C@H]2[C@@]12CC[C@H](O[Si](C)(C)C)C(O[Si](C)(C)C)(C(=O)O1)[C@H]2[C@@H]3C(=O)OC. The van der Waals surface area contributed by atoms with Crippen LogP contribution in [0.15, 0.2) is 12.2 Å². The second-order valence-electron chi connectivity index (χ2n) is 13.2. The van der Waals surface area contributed by atoms with Crippen molar-refractivity contribution in [1.29, 1.82) is 0 Å². The van der Waals surface area contributed by atoms with Crippen molar-refractivity contribution in [1.82, 2.24) is 0 Å². The number of carbonyl (C=O) groups is 2. The molecule has 0 amide bonds. The number of allylic oxidation sites excluding steroid dienone is 1. The molecule has 1 heterocycles. The van der Waals surface area contributed by atoms with Crippen LogP contribution < -0.4 is 0 Å². The van der Waals surface area contributed by atoms with Gasteiger partial charge in [0.1, 0.15) is 5.60 Å². The van der Waals surface area contributed by atoms with Crippen molar-refractivity contribution in [3.8, 4) is 0 Å². The van der Waals surface area contributed by atoms with Crippen molar-refractivity contribution < 1.29 is 27.9 Å². The molecule has 4 aliphatic carbocycles. The van der Waals surface area contributed by atoms with E-state index in [1.54, 1.807) is 0 Å². The van der Waals surface area contributed by atoms with Gasteiger partial charge >= 0.3 is 11.9 Å². The van der Waals surface area contributed by atoms with Gasteiger partial charge < -0.3 is 18.3 Å². The number of ether oxygens (including phenoxy) is 2. The molecule has 2 unspecified atom stereocenters. The average molecular weight is 493 g/mol. The van der Waals surface area contributed by atoms with Gasteiger partial charge in [0.05, 0.1) is 25.0 Å². The van der Waals surface area contributed by atoms with Crippen LogP contribution in [-0.4, -0.2) is 53.0 Å². The fourth-order valence-electron chi connectivity index (χ4n) is 8.64. The van der Waals surface area contributed by atoms with Crippen molar-refractivity contribution in [3.63, 3.8) is 0 Å². The molecule has 184 valence electrons. The minimum absolute atomic E-state index is 0.137. The lowest BCUT2D eigenvalue weighted by Gasteiger charge is -2.50. The molecule has 4 bridgehead atoms. The van der Waals surface area contributed by atoms with E-state index in [9.17, 15) is 9.59 Å². The van der Waals surface area contributed by atoms with Gasteiger partial charge in [-0.3, -0.25) is 4.79 Å². The lowest BCUT2D eigenvalue weighted by atomic mass is 9.63. The fourth-order valence-corrected chi connectivity index (χ4v) is 11.1. The molecule has 6 nitrogen and oxygen atoms in total. The summed E-state index contributed by atoms with van der Waals surface area (Å²) in [6, 6.07) is 0. The highest BCUT2D eigenvalue weighted by molar-refractivity contribution is 6.70. The lowest BCUT2D eigenvalue weighted by Crippen LogP contribution is -2.65. The third kappa shape index (κ3) is 3.09. The van der Waals surface area contributed by atoms with Crippen LogP contribution in [0.4, 0.5) is 0 Å². The molecule has 0 N–H and O–H groups in total. The highest BCUT2D eigenvalue weighted by Crippen LogP contribution is 2.77. The zero-order valence-corrected chi connectivity index (χ0v) is 23.3. The molecule has 0 aromatic heterocycles. The predicted octanol–water partition coefficient (Wildman–Crippen LogP) is 4.67. The topological polar surface area (TPSA) is 71.1 Å². The number of rotatable bonds is 5. The van der Waals surface area contributed by atoms with E-state index < -0.39 is 39.9 Å². The first-order valence-electron chi connectivity index (χ1n) is 12.6. The normalized spacial score (nSPS) is 46.1. The Bertz CT molecular complexity index is 906. The maximum atomic E-state index is 14.0. The molecule has 5 aliphatic rings. The van der Waals surface area contributed by atoms with E-state index in [1.807, 2.05) is 0 Å². The molecule has 0 aromatic carbocycles. The van der Waals surface area contributed by atoms with E-state index in [2.05, 4.69) is 45.9 Å². The van der Waals surface area contributed by atoms with E-state index in [0.29, 0.717) is 5.92 Å². The minimum atomic E-state index is -2.23. The second kappa shape index (κ2) is 7.05. The van der Waals surface area contributed by atoms with Crippen LogP contribution in [0.1, 0.15) is 38.5 Å². The first-order chi connectivity index (χ1) is 15.2. The van der Waals surface area contributed by atoms with Crippen LogP contribution >= 0.6 is 0 Å². The Hall–Kier alpha value is -0.966. The summed E-state index contributed by atoms with van der Waals surface area (Å²) in [5.74, 6) is -0.761. The van der Waals surface area contributed by atoms with E-state index in [0.717, 1.165) is 38.5 Å². The molecule has 1 spiro atoms.